The van der Waals surface area contributed by atoms with Gasteiger partial charge < -0.3 is 0 Å². The predicted molar refractivity (Wildman–Crippen MR) is 71.0 cm³/mol. The topological polar surface area (TPSA) is 12.9 Å². The highest BCUT2D eigenvalue weighted by Gasteiger charge is 2.21. The molecule has 0 bridgehead atoms. The number of hydrogen-bond acceptors (Lipinski definition) is 1. The lowest BCUT2D eigenvalue weighted by atomic mass is 9.86. The van der Waals surface area contributed by atoms with E-state index in [4.69, 9.17) is 4.98 Å². The quantitative estimate of drug-likeness (QED) is 0.688. The highest BCUT2D eigenvalue weighted by molar-refractivity contribution is 5.28. The van der Waals surface area contributed by atoms with Crippen LogP contribution in [-0.4, -0.2) is 4.98 Å². The summed E-state index contributed by atoms with van der Waals surface area (Å²) < 4.78 is 0. The van der Waals surface area contributed by atoms with Gasteiger partial charge in [-0.3, -0.25) is 4.98 Å². The number of pyridine rings is 1. The van der Waals surface area contributed by atoms with Gasteiger partial charge >= 0.3 is 0 Å². The molecule has 90 valence electrons. The van der Waals surface area contributed by atoms with Crippen molar-refractivity contribution in [3.05, 3.63) is 29.1 Å². The molecule has 1 nitrogen and oxygen atoms in total. The fourth-order valence-electron chi connectivity index (χ4n) is 1.56. The fourth-order valence-corrected chi connectivity index (χ4v) is 1.56. The van der Waals surface area contributed by atoms with Crippen LogP contribution in [-0.2, 0) is 17.3 Å². The van der Waals surface area contributed by atoms with Crippen molar-refractivity contribution in [1.82, 2.24) is 4.98 Å². The second-order valence-electron chi connectivity index (χ2n) is 6.60. The first-order chi connectivity index (χ1) is 7.14. The van der Waals surface area contributed by atoms with Crippen LogP contribution in [0.2, 0.25) is 0 Å². The molecule has 0 radical (unpaired) electrons. The molecule has 1 rings (SSSR count). The van der Waals surface area contributed by atoms with Crippen LogP contribution < -0.4 is 0 Å². The van der Waals surface area contributed by atoms with Crippen molar-refractivity contribution >= 4 is 0 Å². The molecular weight excluding hydrogens is 194 g/mol. The maximum atomic E-state index is 4.82. The van der Waals surface area contributed by atoms with Crippen LogP contribution in [0.25, 0.3) is 0 Å². The molecule has 0 spiro atoms. The summed E-state index contributed by atoms with van der Waals surface area (Å²) in [5.74, 6) is 0. The maximum Gasteiger partial charge on any atom is 0.0463 e. The summed E-state index contributed by atoms with van der Waals surface area (Å²) in [4.78, 5) is 4.82. The van der Waals surface area contributed by atoms with Gasteiger partial charge in [-0.05, 0) is 24.1 Å². The molecule has 1 heterocycles. The van der Waals surface area contributed by atoms with Crippen LogP contribution >= 0.6 is 0 Å². The van der Waals surface area contributed by atoms with Crippen molar-refractivity contribution in [2.75, 3.05) is 0 Å². The van der Waals surface area contributed by atoms with Gasteiger partial charge in [0.2, 0.25) is 0 Å². The van der Waals surface area contributed by atoms with Gasteiger partial charge in [0, 0.05) is 22.2 Å². The van der Waals surface area contributed by atoms with E-state index in [9.17, 15) is 0 Å². The van der Waals surface area contributed by atoms with Gasteiger partial charge in [-0.2, -0.15) is 0 Å². The lowest BCUT2D eigenvalue weighted by Crippen LogP contribution is -2.20. The zero-order valence-corrected chi connectivity index (χ0v) is 11.8. The minimum Gasteiger partial charge on any atom is -0.257 e. The molecule has 0 N–H and O–H groups in total. The Bertz CT molecular complexity index is 332. The van der Waals surface area contributed by atoms with Gasteiger partial charge in [0.1, 0.15) is 0 Å². The molecule has 0 aliphatic carbocycles. The normalized spacial score (nSPS) is 12.9. The number of hydrogen-bond donors (Lipinski definition) is 0. The van der Waals surface area contributed by atoms with Crippen LogP contribution in [0.5, 0.6) is 0 Å². The van der Waals surface area contributed by atoms with Crippen LogP contribution in [0, 0.1) is 0 Å². The Hall–Kier alpha value is -0.850. The first-order valence-corrected chi connectivity index (χ1v) is 6.16. The predicted octanol–water partition coefficient (Wildman–Crippen LogP) is 4.24. The zero-order chi connectivity index (χ0) is 12.6. The van der Waals surface area contributed by atoms with Crippen molar-refractivity contribution in [3.63, 3.8) is 0 Å². The summed E-state index contributed by atoms with van der Waals surface area (Å²) in [6.45, 7) is 15.5. The monoisotopic (exact) mass is 219 g/mol. The van der Waals surface area contributed by atoms with Crippen molar-refractivity contribution in [1.29, 1.82) is 0 Å². The van der Waals surface area contributed by atoms with Gasteiger partial charge in [-0.1, -0.05) is 48.5 Å². The molecule has 0 saturated heterocycles. The van der Waals surface area contributed by atoms with E-state index in [0.717, 1.165) is 6.42 Å². The summed E-state index contributed by atoms with van der Waals surface area (Å²) in [5, 5.41) is 0. The average molecular weight is 219 g/mol. The van der Waals surface area contributed by atoms with E-state index in [-0.39, 0.29) is 10.8 Å². The van der Waals surface area contributed by atoms with Gasteiger partial charge in [0.15, 0.2) is 0 Å². The van der Waals surface area contributed by atoms with Gasteiger partial charge in [-0.25, -0.2) is 0 Å². The third-order valence-corrected chi connectivity index (χ3v) is 2.83. The number of nitrogens with zero attached hydrogens (tertiary/aromatic N) is 1. The van der Waals surface area contributed by atoms with E-state index in [1.54, 1.807) is 0 Å². The minimum atomic E-state index is 0.130. The van der Waals surface area contributed by atoms with Crippen molar-refractivity contribution in [2.45, 2.75) is 65.7 Å². The summed E-state index contributed by atoms with van der Waals surface area (Å²) in [6, 6.07) is 4.49. The maximum absolute atomic E-state index is 4.82. The van der Waals surface area contributed by atoms with Crippen LogP contribution in [0.4, 0.5) is 0 Å². The summed E-state index contributed by atoms with van der Waals surface area (Å²) in [6.07, 6.45) is 1.08. The van der Waals surface area contributed by atoms with E-state index in [2.05, 4.69) is 60.6 Å². The second kappa shape index (κ2) is 4.20. The van der Waals surface area contributed by atoms with Gasteiger partial charge in [0.25, 0.3) is 0 Å². The van der Waals surface area contributed by atoms with Gasteiger partial charge in [0.05, 0.1) is 0 Å². The van der Waals surface area contributed by atoms with E-state index >= 15 is 0 Å². The van der Waals surface area contributed by atoms with Crippen LogP contribution in [0.3, 0.4) is 0 Å². The van der Waals surface area contributed by atoms with Crippen molar-refractivity contribution in [2.24, 2.45) is 0 Å². The molecule has 0 aliphatic heterocycles. The highest BCUT2D eigenvalue weighted by Crippen LogP contribution is 2.27. The largest absolute Gasteiger partial charge is 0.257 e. The first-order valence-electron chi connectivity index (χ1n) is 6.16. The Morgan fingerprint density at radius 3 is 1.50 bits per heavy atom. The second-order valence-corrected chi connectivity index (χ2v) is 6.60. The molecule has 0 amide bonds. The molecule has 1 aromatic heterocycles. The van der Waals surface area contributed by atoms with E-state index in [1.807, 2.05) is 0 Å². The average Bonchev–Trinajstić information content (AvgIpc) is 2.14. The summed E-state index contributed by atoms with van der Waals surface area (Å²) >= 11 is 0. The lowest BCUT2D eigenvalue weighted by Gasteiger charge is -2.24. The Morgan fingerprint density at radius 2 is 1.25 bits per heavy atom. The first kappa shape index (κ1) is 13.2. The number of aromatic nitrogens is 1. The molecule has 0 aliphatic rings. The minimum absolute atomic E-state index is 0.130. The fraction of sp³-hybridized carbons (Fsp3) is 0.667. The van der Waals surface area contributed by atoms with Gasteiger partial charge in [-0.15, -0.1) is 0 Å². The smallest absolute Gasteiger partial charge is 0.0463 e. The zero-order valence-electron chi connectivity index (χ0n) is 11.8. The van der Waals surface area contributed by atoms with Crippen LogP contribution in [0.1, 0.15) is 65.4 Å². The number of aryl methyl sites for hydroxylation is 1. The lowest BCUT2D eigenvalue weighted by molar-refractivity contribution is 0.529. The SMILES string of the molecule is CCc1cc(C(C)(C)C)nc(C(C)(C)C)c1. The van der Waals surface area contributed by atoms with E-state index in [1.165, 1.54) is 17.0 Å². The highest BCUT2D eigenvalue weighted by atomic mass is 14.7. The molecule has 16 heavy (non-hydrogen) atoms. The molecule has 0 aromatic carbocycles. The molecular formula is C15H25N. The van der Waals surface area contributed by atoms with E-state index in [0.29, 0.717) is 0 Å². The molecule has 1 heteroatoms. The molecule has 0 atom stereocenters. The Morgan fingerprint density at radius 1 is 0.875 bits per heavy atom. The van der Waals surface area contributed by atoms with E-state index < -0.39 is 0 Å². The third kappa shape index (κ3) is 3.07. The Kier molecular flexibility index (Phi) is 3.47. The molecule has 0 unspecified atom stereocenters. The standard InChI is InChI=1S/C15H25N/c1-8-11-9-12(14(2,3)4)16-13(10-11)15(5,6)7/h9-10H,8H2,1-7H3. The Balaban J connectivity index is 3.33. The molecule has 1 aromatic rings. The molecule has 0 saturated carbocycles. The summed E-state index contributed by atoms with van der Waals surface area (Å²) in [5.41, 5.74) is 4.06. The third-order valence-electron chi connectivity index (χ3n) is 2.83. The number of rotatable bonds is 1. The molecule has 0 fully saturated rings. The van der Waals surface area contributed by atoms with Crippen molar-refractivity contribution < 1.29 is 0 Å². The summed E-state index contributed by atoms with van der Waals surface area (Å²) in [7, 11) is 0. The van der Waals surface area contributed by atoms with Crippen LogP contribution in [0.15, 0.2) is 12.1 Å². The van der Waals surface area contributed by atoms with Crippen molar-refractivity contribution in [3.8, 4) is 0 Å². The Labute approximate surface area is 100 Å².